The minimum atomic E-state index is -0.313. The van der Waals surface area contributed by atoms with E-state index in [1.165, 1.54) is 18.7 Å². The number of halogens is 1. The van der Waals surface area contributed by atoms with E-state index in [-0.39, 0.29) is 23.6 Å². The molecule has 3 rings (SSSR count). The molecule has 0 saturated heterocycles. The van der Waals surface area contributed by atoms with Crippen molar-refractivity contribution in [1.29, 1.82) is 0 Å². The molecule has 1 aliphatic rings. The van der Waals surface area contributed by atoms with Gasteiger partial charge in [-0.2, -0.15) is 0 Å². The van der Waals surface area contributed by atoms with Gasteiger partial charge in [0.25, 0.3) is 11.8 Å². The Morgan fingerprint density at radius 2 is 1.77 bits per heavy atom. The quantitative estimate of drug-likeness (QED) is 0.841. The molecule has 1 fully saturated rings. The van der Waals surface area contributed by atoms with E-state index < -0.39 is 0 Å². The second-order valence-corrected chi connectivity index (χ2v) is 6.98. The van der Waals surface area contributed by atoms with Gasteiger partial charge in [0.1, 0.15) is 5.69 Å². The zero-order valence-electron chi connectivity index (χ0n) is 14.5. The summed E-state index contributed by atoms with van der Waals surface area (Å²) in [5.41, 5.74) is 1.63. The van der Waals surface area contributed by atoms with E-state index in [1.807, 2.05) is 12.1 Å². The van der Waals surface area contributed by atoms with Gasteiger partial charge in [0.15, 0.2) is 0 Å². The third-order valence-electron chi connectivity index (χ3n) is 4.56. The number of benzene rings is 1. The van der Waals surface area contributed by atoms with Gasteiger partial charge in [-0.05, 0) is 42.7 Å². The van der Waals surface area contributed by atoms with Crippen molar-refractivity contribution in [3.63, 3.8) is 0 Å². The maximum absolute atomic E-state index is 12.4. The first kappa shape index (κ1) is 18.4. The number of pyridine rings is 1. The van der Waals surface area contributed by atoms with Crippen molar-refractivity contribution in [1.82, 2.24) is 15.6 Å². The molecular formula is C20H22ClN3O2. The lowest BCUT2D eigenvalue weighted by atomic mass is 9.95. The Bertz CT molecular complexity index is 771. The van der Waals surface area contributed by atoms with Crippen LogP contribution in [0, 0.1) is 0 Å². The first-order chi connectivity index (χ1) is 12.6. The lowest BCUT2D eigenvalue weighted by molar-refractivity contribution is 0.0927. The maximum atomic E-state index is 12.4. The fraction of sp³-hybridized carbons (Fsp3) is 0.350. The standard InChI is InChI=1S/C20H22ClN3O2/c21-16-8-6-14(7-9-16)13-23-20(26)18-12-15(10-11-22-18)19(25)24-17-4-2-1-3-5-17/h6-12,17H,1-5,13H2,(H,23,26)(H,24,25). The number of nitrogens with one attached hydrogen (secondary N) is 2. The molecule has 0 spiro atoms. The SMILES string of the molecule is O=C(NC1CCCCC1)c1ccnc(C(=O)NCc2ccc(Cl)cc2)c1. The van der Waals surface area contributed by atoms with Gasteiger partial charge < -0.3 is 10.6 Å². The lowest BCUT2D eigenvalue weighted by Crippen LogP contribution is -2.36. The molecule has 6 heteroatoms. The topological polar surface area (TPSA) is 71.1 Å². The van der Waals surface area contributed by atoms with Crippen molar-refractivity contribution >= 4 is 23.4 Å². The molecule has 1 saturated carbocycles. The summed E-state index contributed by atoms with van der Waals surface area (Å²) in [7, 11) is 0. The molecule has 0 bridgehead atoms. The van der Waals surface area contributed by atoms with Crippen LogP contribution in [0.3, 0.4) is 0 Å². The molecule has 1 aliphatic carbocycles. The summed E-state index contributed by atoms with van der Waals surface area (Å²) >= 11 is 5.85. The Morgan fingerprint density at radius 1 is 1.04 bits per heavy atom. The normalized spacial score (nSPS) is 14.7. The van der Waals surface area contributed by atoms with Gasteiger partial charge >= 0.3 is 0 Å². The molecule has 2 aromatic rings. The summed E-state index contributed by atoms with van der Waals surface area (Å²) in [5, 5.41) is 6.51. The smallest absolute Gasteiger partial charge is 0.270 e. The fourth-order valence-electron chi connectivity index (χ4n) is 3.09. The van der Waals surface area contributed by atoms with Crippen molar-refractivity contribution in [2.45, 2.75) is 44.7 Å². The average Bonchev–Trinajstić information content (AvgIpc) is 2.68. The first-order valence-electron chi connectivity index (χ1n) is 8.91. The molecule has 5 nitrogen and oxygen atoms in total. The van der Waals surface area contributed by atoms with Crippen LogP contribution < -0.4 is 10.6 Å². The molecule has 2 N–H and O–H groups in total. The molecular weight excluding hydrogens is 350 g/mol. The number of hydrogen-bond acceptors (Lipinski definition) is 3. The maximum Gasteiger partial charge on any atom is 0.270 e. The number of carbonyl (C=O) groups is 2. The van der Waals surface area contributed by atoms with Crippen molar-refractivity contribution in [2.75, 3.05) is 0 Å². The van der Waals surface area contributed by atoms with Crippen LogP contribution in [-0.2, 0) is 6.54 Å². The molecule has 136 valence electrons. The molecule has 1 heterocycles. The van der Waals surface area contributed by atoms with Crippen LogP contribution in [0.5, 0.6) is 0 Å². The minimum Gasteiger partial charge on any atom is -0.349 e. The van der Waals surface area contributed by atoms with Crippen molar-refractivity contribution in [2.24, 2.45) is 0 Å². The van der Waals surface area contributed by atoms with Crippen LogP contribution in [0.15, 0.2) is 42.6 Å². The predicted octanol–water partition coefficient (Wildman–Crippen LogP) is 3.73. The fourth-order valence-corrected chi connectivity index (χ4v) is 3.21. The highest BCUT2D eigenvalue weighted by Gasteiger charge is 2.18. The van der Waals surface area contributed by atoms with Gasteiger partial charge in [0.05, 0.1) is 0 Å². The number of aromatic nitrogens is 1. The van der Waals surface area contributed by atoms with Crippen LogP contribution in [0.25, 0.3) is 0 Å². The Labute approximate surface area is 158 Å². The lowest BCUT2D eigenvalue weighted by Gasteiger charge is -2.22. The summed E-state index contributed by atoms with van der Waals surface area (Å²) in [6.45, 7) is 0.371. The highest BCUT2D eigenvalue weighted by atomic mass is 35.5. The Hall–Kier alpha value is -2.40. The van der Waals surface area contributed by atoms with Gasteiger partial charge in [-0.3, -0.25) is 14.6 Å². The van der Waals surface area contributed by atoms with Crippen LogP contribution in [0.1, 0.15) is 58.5 Å². The first-order valence-corrected chi connectivity index (χ1v) is 9.29. The largest absolute Gasteiger partial charge is 0.349 e. The third kappa shape index (κ3) is 5.05. The number of hydrogen-bond donors (Lipinski definition) is 2. The predicted molar refractivity (Wildman–Crippen MR) is 101 cm³/mol. The van der Waals surface area contributed by atoms with Crippen molar-refractivity contribution in [3.8, 4) is 0 Å². The van der Waals surface area contributed by atoms with Crippen LogP contribution >= 0.6 is 11.6 Å². The molecule has 26 heavy (non-hydrogen) atoms. The van der Waals surface area contributed by atoms with Crippen LogP contribution in [0.4, 0.5) is 0 Å². The van der Waals surface area contributed by atoms with E-state index in [2.05, 4.69) is 15.6 Å². The zero-order chi connectivity index (χ0) is 18.4. The van der Waals surface area contributed by atoms with E-state index in [0.717, 1.165) is 31.2 Å². The van der Waals surface area contributed by atoms with Gasteiger partial charge in [0, 0.05) is 29.4 Å². The summed E-state index contributed by atoms with van der Waals surface area (Å²) in [5.74, 6) is -0.460. The van der Waals surface area contributed by atoms with Crippen molar-refractivity contribution < 1.29 is 9.59 Å². The molecule has 1 aromatic carbocycles. The second-order valence-electron chi connectivity index (χ2n) is 6.55. The highest BCUT2D eigenvalue weighted by molar-refractivity contribution is 6.30. The Kier molecular flexibility index (Phi) is 6.23. The summed E-state index contributed by atoms with van der Waals surface area (Å²) in [6, 6.07) is 10.7. The summed E-state index contributed by atoms with van der Waals surface area (Å²) in [4.78, 5) is 28.8. The van der Waals surface area contributed by atoms with E-state index in [9.17, 15) is 9.59 Å². The van der Waals surface area contributed by atoms with Gasteiger partial charge in [-0.25, -0.2) is 0 Å². The molecule has 0 atom stereocenters. The summed E-state index contributed by atoms with van der Waals surface area (Å²) < 4.78 is 0. The van der Waals surface area contributed by atoms with Gasteiger partial charge in [-0.1, -0.05) is 43.0 Å². The molecule has 2 amide bonds. The average molecular weight is 372 g/mol. The van der Waals surface area contributed by atoms with Crippen LogP contribution in [-0.4, -0.2) is 22.8 Å². The highest BCUT2D eigenvalue weighted by Crippen LogP contribution is 2.18. The molecule has 0 unspecified atom stereocenters. The Balaban J connectivity index is 1.59. The third-order valence-corrected chi connectivity index (χ3v) is 4.81. The number of nitrogens with zero attached hydrogens (tertiary/aromatic N) is 1. The number of rotatable bonds is 5. The van der Waals surface area contributed by atoms with E-state index >= 15 is 0 Å². The Morgan fingerprint density at radius 3 is 2.50 bits per heavy atom. The molecule has 0 aliphatic heterocycles. The number of amides is 2. The van der Waals surface area contributed by atoms with E-state index in [1.54, 1.807) is 18.2 Å². The number of carbonyl (C=O) groups excluding carboxylic acids is 2. The summed E-state index contributed by atoms with van der Waals surface area (Å²) in [6.07, 6.45) is 7.07. The monoisotopic (exact) mass is 371 g/mol. The zero-order valence-corrected chi connectivity index (χ0v) is 15.3. The van der Waals surface area contributed by atoms with Gasteiger partial charge in [-0.15, -0.1) is 0 Å². The van der Waals surface area contributed by atoms with Crippen molar-refractivity contribution in [3.05, 3.63) is 64.4 Å². The molecule has 1 aromatic heterocycles. The minimum absolute atomic E-state index is 0.147. The molecule has 0 radical (unpaired) electrons. The second kappa shape index (κ2) is 8.81. The van der Waals surface area contributed by atoms with E-state index in [0.29, 0.717) is 17.1 Å². The van der Waals surface area contributed by atoms with Gasteiger partial charge in [0.2, 0.25) is 0 Å². The van der Waals surface area contributed by atoms with Crippen LogP contribution in [0.2, 0.25) is 5.02 Å². The van der Waals surface area contributed by atoms with E-state index in [4.69, 9.17) is 11.6 Å².